The van der Waals surface area contributed by atoms with E-state index in [9.17, 15) is 4.39 Å². The Labute approximate surface area is 421 Å². The number of aromatic nitrogens is 4. The molecule has 9 heteroatoms. The van der Waals surface area contributed by atoms with Crippen molar-refractivity contribution in [2.24, 2.45) is 0 Å². The molecular weight excluding hydrogens is 1050 g/mol. The quantitative estimate of drug-likeness (QED) is 0.112. The van der Waals surface area contributed by atoms with Crippen LogP contribution in [0.4, 0.5) is 8.78 Å². The van der Waals surface area contributed by atoms with Gasteiger partial charge in [-0.25, -0.2) is 8.78 Å². The third kappa shape index (κ3) is 9.38. The van der Waals surface area contributed by atoms with Crippen molar-refractivity contribution in [3.05, 3.63) is 211 Å². The third-order valence-corrected chi connectivity index (χ3v) is 14.1. The Morgan fingerprint density at radius 1 is 0.696 bits per heavy atom. The van der Waals surface area contributed by atoms with Crippen molar-refractivity contribution in [3.8, 4) is 61.8 Å². The molecule has 5 nitrogen and oxygen atoms in total. The molecule has 0 spiro atoms. The predicted octanol–water partition coefficient (Wildman–Crippen LogP) is 15.6. The molecule has 0 bridgehead atoms. The molecule has 11 aromatic rings. The van der Waals surface area contributed by atoms with E-state index in [1.807, 2.05) is 103 Å². The number of rotatable bonds is 8. The fraction of sp³-hybridized carbons (Fsp3) is 0.117. The SMILES string of the molecule is Fc1ccc(-c2cc3c(cn2)oc2c(-c4nc5cccc(F)c5n4-c4cc(-c5ccccc5)ccc4-c4ccccc4)[c-]ccc23)cc1.[2H]C([2H])([2H])c1c[c-]c(-c2cc(C([2H])(C)C)c([Si](C)(C)C)cn2)cc1.[Ir]. The van der Waals surface area contributed by atoms with Gasteiger partial charge in [0.1, 0.15) is 17.2 Å². The Balaban J connectivity index is 0.000000223. The number of imidazole rings is 1. The molecule has 0 aliphatic carbocycles. The molecule has 4 heterocycles. The van der Waals surface area contributed by atoms with Gasteiger partial charge >= 0.3 is 0 Å². The summed E-state index contributed by atoms with van der Waals surface area (Å²) in [6, 6.07) is 56.6. The predicted molar refractivity (Wildman–Crippen MR) is 277 cm³/mol. The number of hydrogen-bond acceptors (Lipinski definition) is 4. The van der Waals surface area contributed by atoms with Crippen LogP contribution in [0.25, 0.3) is 94.8 Å². The van der Waals surface area contributed by atoms with Gasteiger partial charge in [0.15, 0.2) is 0 Å². The van der Waals surface area contributed by atoms with Crippen molar-refractivity contribution in [1.29, 1.82) is 0 Å². The maximum Gasteiger partial charge on any atom is 0.148 e. The molecule has 7 aromatic carbocycles. The van der Waals surface area contributed by atoms with Crippen molar-refractivity contribution in [2.45, 2.75) is 46.2 Å². The molecule has 343 valence electrons. The summed E-state index contributed by atoms with van der Waals surface area (Å²) < 4.78 is 68.8. The number of para-hydroxylation sites is 1. The number of furan rings is 1. The summed E-state index contributed by atoms with van der Waals surface area (Å²) in [7, 11) is -1.61. The average molecular weight is 1100 g/mol. The second-order valence-electron chi connectivity index (χ2n) is 18.0. The summed E-state index contributed by atoms with van der Waals surface area (Å²) in [5, 5.41) is 2.87. The van der Waals surface area contributed by atoms with Gasteiger partial charge in [0, 0.05) is 54.0 Å². The first-order valence-corrected chi connectivity index (χ1v) is 25.9. The molecule has 0 fully saturated rings. The fourth-order valence-electron chi connectivity index (χ4n) is 8.67. The summed E-state index contributed by atoms with van der Waals surface area (Å²) >= 11 is 0. The molecule has 0 atom stereocenters. The molecule has 0 aliphatic rings. The number of benzene rings is 7. The summed E-state index contributed by atoms with van der Waals surface area (Å²) in [6.07, 6.45) is 3.57. The first-order valence-electron chi connectivity index (χ1n) is 24.4. The number of fused-ring (bicyclic) bond motifs is 4. The molecule has 0 N–H and O–H groups in total. The van der Waals surface area contributed by atoms with E-state index >= 15 is 4.39 Å². The minimum Gasteiger partial charge on any atom is -0.499 e. The van der Waals surface area contributed by atoms with Crippen molar-refractivity contribution in [3.63, 3.8) is 0 Å². The summed E-state index contributed by atoms with van der Waals surface area (Å²) in [4.78, 5) is 14.2. The third-order valence-electron chi connectivity index (χ3n) is 12.1. The topological polar surface area (TPSA) is 56.7 Å². The van der Waals surface area contributed by atoms with Crippen LogP contribution in [0, 0.1) is 30.6 Å². The van der Waals surface area contributed by atoms with E-state index in [4.69, 9.17) is 14.9 Å². The van der Waals surface area contributed by atoms with Crippen LogP contribution < -0.4 is 5.19 Å². The molecule has 4 aromatic heterocycles. The number of nitrogens with zero attached hydrogens (tertiary/aromatic N) is 4. The molecule has 0 saturated heterocycles. The van der Waals surface area contributed by atoms with E-state index in [2.05, 4.69) is 72.1 Å². The minimum absolute atomic E-state index is 0. The van der Waals surface area contributed by atoms with Crippen LogP contribution in [0.5, 0.6) is 0 Å². The maximum absolute atomic E-state index is 16.0. The fourth-order valence-corrected chi connectivity index (χ4v) is 10.2. The molecular formula is C60H48F2IrN4OSi-2. The Kier molecular flexibility index (Phi) is 11.8. The molecule has 1 radical (unpaired) electrons. The van der Waals surface area contributed by atoms with Gasteiger partial charge in [0.25, 0.3) is 0 Å². The van der Waals surface area contributed by atoms with E-state index in [1.54, 1.807) is 36.5 Å². The number of hydrogen-bond donors (Lipinski definition) is 0. The summed E-state index contributed by atoms with van der Waals surface area (Å²) in [6.45, 7) is 8.38. The normalized spacial score (nSPS) is 12.7. The van der Waals surface area contributed by atoms with Gasteiger partial charge in [-0.05, 0) is 82.0 Å². The van der Waals surface area contributed by atoms with E-state index in [1.165, 1.54) is 29.5 Å². The van der Waals surface area contributed by atoms with E-state index < -0.39 is 20.8 Å². The van der Waals surface area contributed by atoms with Gasteiger partial charge < -0.3 is 14.0 Å². The zero-order valence-corrected chi connectivity index (χ0v) is 41.9. The summed E-state index contributed by atoms with van der Waals surface area (Å²) in [5.41, 5.74) is 11.5. The van der Waals surface area contributed by atoms with Gasteiger partial charge in [-0.2, -0.15) is 0 Å². The van der Waals surface area contributed by atoms with Crippen molar-refractivity contribution < 1.29 is 38.8 Å². The van der Waals surface area contributed by atoms with Crippen LogP contribution in [-0.4, -0.2) is 27.6 Å². The molecule has 0 saturated carbocycles. The molecule has 0 unspecified atom stereocenters. The molecule has 0 amide bonds. The molecule has 0 aliphatic heterocycles. The number of halogens is 2. The van der Waals surface area contributed by atoms with Crippen molar-refractivity contribution in [2.75, 3.05) is 0 Å². The van der Waals surface area contributed by atoms with Crippen LogP contribution in [0.1, 0.15) is 36.4 Å². The van der Waals surface area contributed by atoms with Crippen LogP contribution in [0.15, 0.2) is 181 Å². The zero-order valence-electron chi connectivity index (χ0n) is 42.5. The second kappa shape index (κ2) is 19.4. The second-order valence-corrected chi connectivity index (χ2v) is 23.0. The largest absolute Gasteiger partial charge is 0.499 e. The van der Waals surface area contributed by atoms with Gasteiger partial charge in [-0.15, -0.1) is 53.6 Å². The van der Waals surface area contributed by atoms with Gasteiger partial charge in [0.2, 0.25) is 0 Å². The standard InChI is InChI=1S/C42H24F2N3O.C18H24NSi.Ir/c43-30-20-17-28(18-21-30)37-24-34-32-13-7-14-33(41(32)48-39(34)25-45-37)42-46-36-16-8-15-35(44)40(36)47(42)38-23-29(26-9-3-1-4-10-26)19-22-31(38)27-11-5-2-6-12-27;1-13(2)16-11-17(15-9-7-14(3)8-10-15)19-12-18(16)20(4,5)6;/h1-13,15-25H;7-9,11-13H,1-6H3;/q2*-1;/i;3D3,13D;. The maximum atomic E-state index is 16.0. The number of pyridine rings is 2. The first kappa shape index (κ1) is 42.0. The van der Waals surface area contributed by atoms with Crippen LogP contribution in [0.2, 0.25) is 19.6 Å². The minimum atomic E-state index is -2.13. The Bertz CT molecular complexity index is 3780. The van der Waals surface area contributed by atoms with Crippen LogP contribution >= 0.6 is 0 Å². The van der Waals surface area contributed by atoms with E-state index in [0.29, 0.717) is 39.3 Å². The Hall–Kier alpha value is -7.16. The average Bonchev–Trinajstić information content (AvgIpc) is 3.96. The molecule has 69 heavy (non-hydrogen) atoms. The van der Waals surface area contributed by atoms with Gasteiger partial charge in [0.05, 0.1) is 42.4 Å². The van der Waals surface area contributed by atoms with Crippen LogP contribution in [-0.2, 0) is 20.1 Å². The van der Waals surface area contributed by atoms with Gasteiger partial charge in [-0.1, -0.05) is 142 Å². The zero-order chi connectivity index (χ0) is 50.5. The monoisotopic (exact) mass is 1100 g/mol. The Morgan fingerprint density at radius 2 is 1.42 bits per heavy atom. The number of aryl methyl sites for hydroxylation is 1. The summed E-state index contributed by atoms with van der Waals surface area (Å²) in [5.74, 6) is -0.918. The first-order chi connectivity index (χ1) is 34.4. The molecule has 11 rings (SSSR count). The van der Waals surface area contributed by atoms with Crippen molar-refractivity contribution >= 4 is 46.2 Å². The smallest absolute Gasteiger partial charge is 0.148 e. The Morgan fingerprint density at radius 3 is 2.12 bits per heavy atom. The van der Waals surface area contributed by atoms with Crippen LogP contribution in [0.3, 0.4) is 0 Å². The van der Waals surface area contributed by atoms with Gasteiger partial charge in [-0.3, -0.25) is 9.97 Å². The van der Waals surface area contributed by atoms with E-state index in [-0.39, 0.29) is 37.3 Å². The van der Waals surface area contributed by atoms with Crippen molar-refractivity contribution in [1.82, 2.24) is 19.5 Å². The van der Waals surface area contributed by atoms with E-state index in [0.717, 1.165) is 61.1 Å².